The summed E-state index contributed by atoms with van der Waals surface area (Å²) in [5.74, 6) is -0.398. The molecule has 4 aliphatic carbocycles. The van der Waals surface area contributed by atoms with Crippen molar-refractivity contribution in [3.63, 3.8) is 0 Å². The van der Waals surface area contributed by atoms with Gasteiger partial charge < -0.3 is 30.9 Å². The summed E-state index contributed by atoms with van der Waals surface area (Å²) in [6.45, 7) is 2.83. The molecule has 5 aliphatic rings. The van der Waals surface area contributed by atoms with Gasteiger partial charge in [-0.25, -0.2) is 4.79 Å². The minimum absolute atomic E-state index is 0.00129. The molecule has 11 heteroatoms. The van der Waals surface area contributed by atoms with Crippen molar-refractivity contribution in [3.05, 3.63) is 0 Å². The van der Waals surface area contributed by atoms with Gasteiger partial charge in [0, 0.05) is 43.7 Å². The SMILES string of the molecule is CC1CCCCC1NC(=O)NC1CCC(CC(=O)NC2CCC3C(C2)C(=O)N(CCC(=O)O)CC(=O)N3CC2CC2)CC1. The Kier molecular flexibility index (Phi) is 10.5. The van der Waals surface area contributed by atoms with Gasteiger partial charge in [-0.1, -0.05) is 19.8 Å². The number of fused-ring (bicyclic) bond motifs is 1. The molecule has 5 fully saturated rings. The molecule has 1 saturated heterocycles. The van der Waals surface area contributed by atoms with Crippen molar-refractivity contribution in [1.29, 1.82) is 0 Å². The second kappa shape index (κ2) is 14.3. The predicted molar refractivity (Wildman–Crippen MR) is 160 cm³/mol. The Hall–Kier alpha value is -2.85. The number of urea groups is 1. The van der Waals surface area contributed by atoms with E-state index in [-0.39, 0.29) is 73.3 Å². The van der Waals surface area contributed by atoms with Gasteiger partial charge in [-0.15, -0.1) is 0 Å². The summed E-state index contributed by atoms with van der Waals surface area (Å²) in [4.78, 5) is 66.9. The Morgan fingerprint density at radius 2 is 1.53 bits per heavy atom. The topological polar surface area (TPSA) is 148 Å². The van der Waals surface area contributed by atoms with E-state index < -0.39 is 11.9 Å². The Labute approximate surface area is 255 Å². The number of carbonyl (C=O) groups is 5. The number of carboxylic acid groups (broad SMARTS) is 1. The van der Waals surface area contributed by atoms with E-state index in [1.165, 1.54) is 24.2 Å². The van der Waals surface area contributed by atoms with E-state index in [0.717, 1.165) is 51.4 Å². The van der Waals surface area contributed by atoms with Crippen molar-refractivity contribution in [2.45, 2.75) is 127 Å². The summed E-state index contributed by atoms with van der Waals surface area (Å²) in [6.07, 6.45) is 12.4. The van der Waals surface area contributed by atoms with Crippen molar-refractivity contribution in [1.82, 2.24) is 25.8 Å². The van der Waals surface area contributed by atoms with E-state index in [0.29, 0.717) is 37.6 Å². The van der Waals surface area contributed by atoms with Crippen LogP contribution >= 0.6 is 0 Å². The van der Waals surface area contributed by atoms with Crippen LogP contribution in [0, 0.1) is 23.7 Å². The second-order valence-corrected chi connectivity index (χ2v) is 14.1. The lowest BCUT2D eigenvalue weighted by atomic mass is 9.79. The first-order valence-corrected chi connectivity index (χ1v) is 16.8. The molecule has 1 aliphatic heterocycles. The van der Waals surface area contributed by atoms with Gasteiger partial charge in [-0.2, -0.15) is 0 Å². The zero-order chi connectivity index (χ0) is 30.5. The summed E-state index contributed by atoms with van der Waals surface area (Å²) in [5.41, 5.74) is 0. The van der Waals surface area contributed by atoms with Crippen LogP contribution in [-0.2, 0) is 19.2 Å². The van der Waals surface area contributed by atoms with Gasteiger partial charge in [-0.3, -0.25) is 19.2 Å². The van der Waals surface area contributed by atoms with Gasteiger partial charge in [0.05, 0.1) is 18.9 Å². The third-order valence-electron chi connectivity index (χ3n) is 10.7. The fraction of sp³-hybridized carbons (Fsp3) is 0.844. The lowest BCUT2D eigenvalue weighted by Gasteiger charge is -2.40. The number of hydrogen-bond donors (Lipinski definition) is 4. The highest BCUT2D eigenvalue weighted by Gasteiger charge is 2.46. The van der Waals surface area contributed by atoms with Crippen LogP contribution in [0.1, 0.15) is 103 Å². The Morgan fingerprint density at radius 1 is 0.837 bits per heavy atom. The molecule has 0 spiro atoms. The van der Waals surface area contributed by atoms with E-state index in [9.17, 15) is 29.1 Å². The zero-order valence-electron chi connectivity index (χ0n) is 25.7. The molecule has 5 amide bonds. The van der Waals surface area contributed by atoms with Crippen LogP contribution in [0.2, 0.25) is 0 Å². The van der Waals surface area contributed by atoms with Crippen molar-refractivity contribution in [2.24, 2.45) is 23.7 Å². The van der Waals surface area contributed by atoms with Gasteiger partial charge in [0.2, 0.25) is 17.7 Å². The molecule has 5 unspecified atom stereocenters. The number of rotatable bonds is 10. The monoisotopic (exact) mass is 601 g/mol. The molecule has 5 atom stereocenters. The van der Waals surface area contributed by atoms with E-state index >= 15 is 0 Å². The second-order valence-electron chi connectivity index (χ2n) is 14.1. The molecule has 0 aromatic heterocycles. The summed E-state index contributed by atoms with van der Waals surface area (Å²) < 4.78 is 0. The average molecular weight is 602 g/mol. The molecule has 1 heterocycles. The quantitative estimate of drug-likeness (QED) is 0.303. The molecule has 0 aromatic rings. The number of nitrogens with zero attached hydrogens (tertiary/aromatic N) is 2. The molecule has 11 nitrogen and oxygen atoms in total. The van der Waals surface area contributed by atoms with Crippen LogP contribution in [0.3, 0.4) is 0 Å². The Morgan fingerprint density at radius 3 is 2.23 bits per heavy atom. The van der Waals surface area contributed by atoms with Gasteiger partial charge in [-0.05, 0) is 88.4 Å². The van der Waals surface area contributed by atoms with Crippen molar-refractivity contribution < 1.29 is 29.1 Å². The molecule has 240 valence electrons. The number of aliphatic carboxylic acids is 1. The fourth-order valence-corrected chi connectivity index (χ4v) is 7.90. The number of carbonyl (C=O) groups excluding carboxylic acids is 4. The van der Waals surface area contributed by atoms with Crippen LogP contribution in [0.15, 0.2) is 0 Å². The minimum atomic E-state index is -0.994. The Bertz CT molecular complexity index is 1040. The first kappa shape index (κ1) is 31.6. The molecule has 4 saturated carbocycles. The summed E-state index contributed by atoms with van der Waals surface area (Å²) >= 11 is 0. The lowest BCUT2D eigenvalue weighted by Crippen LogP contribution is -2.52. The number of nitrogens with one attached hydrogen (secondary N) is 3. The van der Waals surface area contributed by atoms with Gasteiger partial charge >= 0.3 is 12.0 Å². The molecule has 0 radical (unpaired) electrons. The highest BCUT2D eigenvalue weighted by Crippen LogP contribution is 2.37. The van der Waals surface area contributed by atoms with Crippen molar-refractivity contribution >= 4 is 29.7 Å². The Balaban J connectivity index is 1.08. The smallest absolute Gasteiger partial charge is 0.315 e. The minimum Gasteiger partial charge on any atom is -0.481 e. The summed E-state index contributed by atoms with van der Waals surface area (Å²) in [5, 5.41) is 18.7. The summed E-state index contributed by atoms with van der Waals surface area (Å²) in [7, 11) is 0. The normalized spacial score (nSPS) is 33.3. The zero-order valence-corrected chi connectivity index (χ0v) is 25.7. The maximum absolute atomic E-state index is 13.6. The summed E-state index contributed by atoms with van der Waals surface area (Å²) in [6, 6.07) is -0.00176. The highest BCUT2D eigenvalue weighted by atomic mass is 16.4. The van der Waals surface area contributed by atoms with E-state index in [1.807, 2.05) is 4.90 Å². The highest BCUT2D eigenvalue weighted by molar-refractivity contribution is 5.90. The van der Waals surface area contributed by atoms with Crippen molar-refractivity contribution in [2.75, 3.05) is 19.6 Å². The molecule has 0 aromatic carbocycles. The molecule has 43 heavy (non-hydrogen) atoms. The van der Waals surface area contributed by atoms with Gasteiger partial charge in [0.25, 0.3) is 0 Å². The number of carboxylic acids is 1. The maximum atomic E-state index is 13.6. The largest absolute Gasteiger partial charge is 0.481 e. The fourth-order valence-electron chi connectivity index (χ4n) is 7.90. The first-order valence-electron chi connectivity index (χ1n) is 16.8. The molecule has 0 bridgehead atoms. The maximum Gasteiger partial charge on any atom is 0.315 e. The standard InChI is InChI=1S/C32H51N5O6/c1-20-4-2-3-5-26(20)35-32(43)34-23-10-8-21(9-11-23)16-28(38)33-24-12-13-27-25(17-24)31(42)36(15-14-30(40)41)19-29(39)37(27)18-22-6-7-22/h20-27H,2-19H2,1H3,(H,33,38)(H,40,41)(H2,34,35,43). The third kappa shape index (κ3) is 8.62. The van der Waals surface area contributed by atoms with E-state index in [4.69, 9.17) is 0 Å². The van der Waals surface area contributed by atoms with Crippen LogP contribution in [0.25, 0.3) is 0 Å². The number of hydrogen-bond acceptors (Lipinski definition) is 5. The lowest BCUT2D eigenvalue weighted by molar-refractivity contribution is -0.141. The van der Waals surface area contributed by atoms with E-state index in [1.54, 1.807) is 0 Å². The van der Waals surface area contributed by atoms with Gasteiger partial charge in [0.1, 0.15) is 0 Å². The predicted octanol–water partition coefficient (Wildman–Crippen LogP) is 3.02. The molecular formula is C32H51N5O6. The third-order valence-corrected chi connectivity index (χ3v) is 10.7. The first-order chi connectivity index (χ1) is 20.7. The number of amides is 5. The van der Waals surface area contributed by atoms with E-state index in [2.05, 4.69) is 22.9 Å². The van der Waals surface area contributed by atoms with Crippen LogP contribution in [0.4, 0.5) is 4.79 Å². The molecule has 4 N–H and O–H groups in total. The molecular weight excluding hydrogens is 550 g/mol. The van der Waals surface area contributed by atoms with Gasteiger partial charge in [0.15, 0.2) is 0 Å². The van der Waals surface area contributed by atoms with Crippen molar-refractivity contribution in [3.8, 4) is 0 Å². The average Bonchev–Trinajstić information content (AvgIpc) is 3.80. The van der Waals surface area contributed by atoms with Crippen LogP contribution in [0.5, 0.6) is 0 Å². The molecule has 5 rings (SSSR count). The van der Waals surface area contributed by atoms with Crippen LogP contribution in [-0.4, -0.2) is 88.4 Å². The van der Waals surface area contributed by atoms with Crippen LogP contribution < -0.4 is 16.0 Å².